The van der Waals surface area contributed by atoms with Crippen molar-refractivity contribution < 1.29 is 43.2 Å². The number of Topliss-reactive ketones (excluding diaryl/α,β-unsaturated/α-hetero) is 1. The summed E-state index contributed by atoms with van der Waals surface area (Å²) in [4.78, 5) is 46.7. The van der Waals surface area contributed by atoms with E-state index in [1.807, 2.05) is 0 Å². The Hall–Kier alpha value is -4.54. The van der Waals surface area contributed by atoms with Gasteiger partial charge in [0.15, 0.2) is 23.9 Å². The maximum atomic E-state index is 12.7. The number of carboxylic acid groups (broad SMARTS) is 1. The second kappa shape index (κ2) is 10.4. The summed E-state index contributed by atoms with van der Waals surface area (Å²) < 4.78 is 21.5. The third-order valence-electron chi connectivity index (χ3n) is 4.76. The first-order chi connectivity index (χ1) is 16.2. The Bertz CT molecular complexity index is 1170. The molecular weight excluding hydrogens is 448 g/mol. The summed E-state index contributed by atoms with van der Waals surface area (Å²) in [6.45, 7) is -0.524. The maximum absolute atomic E-state index is 12.7. The number of nitrogens with two attached hydrogens (primary N) is 1. The van der Waals surface area contributed by atoms with Crippen LogP contribution in [0.1, 0.15) is 22.3 Å². The molecule has 2 amide bonds. The Morgan fingerprint density at radius 2 is 1.85 bits per heavy atom. The smallest absolute Gasteiger partial charge is 0.326 e. The molecule has 0 saturated carbocycles. The summed E-state index contributed by atoms with van der Waals surface area (Å²) in [6, 6.07) is 8.09. The van der Waals surface area contributed by atoms with Crippen molar-refractivity contribution in [2.75, 3.05) is 20.8 Å². The lowest BCUT2D eigenvalue weighted by Gasteiger charge is -2.13. The Morgan fingerprint density at radius 3 is 2.50 bits per heavy atom. The fourth-order valence-electron chi connectivity index (χ4n) is 3.14. The molecule has 2 aromatic rings. The van der Waals surface area contributed by atoms with E-state index in [4.69, 9.17) is 29.8 Å². The first kappa shape index (κ1) is 24.1. The minimum absolute atomic E-state index is 0.0906. The van der Waals surface area contributed by atoms with Crippen molar-refractivity contribution in [3.05, 3.63) is 53.3 Å². The number of carbonyl (C=O) groups excluding carboxylic acids is 3. The highest BCUT2D eigenvalue weighted by Crippen LogP contribution is 2.36. The quantitative estimate of drug-likeness (QED) is 0.432. The molecule has 1 aliphatic heterocycles. The van der Waals surface area contributed by atoms with Crippen LogP contribution in [0.4, 0.5) is 0 Å². The number of carboxylic acids is 1. The molecule has 11 nitrogen and oxygen atoms in total. The van der Waals surface area contributed by atoms with Crippen molar-refractivity contribution in [1.29, 1.82) is 0 Å². The summed E-state index contributed by atoms with van der Waals surface area (Å²) in [7, 11) is 3.02. The molecule has 0 spiro atoms. The number of fused-ring (bicyclic) bond motifs is 1. The van der Waals surface area contributed by atoms with Gasteiger partial charge in [0.1, 0.15) is 17.5 Å². The topological polar surface area (TPSA) is 163 Å². The van der Waals surface area contributed by atoms with Crippen molar-refractivity contribution in [3.8, 4) is 23.0 Å². The molecule has 1 unspecified atom stereocenters. The summed E-state index contributed by atoms with van der Waals surface area (Å²) in [5.41, 5.74) is 5.95. The van der Waals surface area contributed by atoms with E-state index in [2.05, 4.69) is 5.32 Å². The van der Waals surface area contributed by atoms with Crippen LogP contribution in [0.5, 0.6) is 23.0 Å². The number of ketones is 1. The molecule has 0 saturated heterocycles. The second-order valence-electron chi connectivity index (χ2n) is 7.13. The number of methoxy groups -OCH3 is 2. The van der Waals surface area contributed by atoms with Crippen molar-refractivity contribution in [2.45, 2.75) is 12.5 Å². The molecule has 4 N–H and O–H groups in total. The van der Waals surface area contributed by atoms with Gasteiger partial charge in [-0.25, -0.2) is 4.79 Å². The molecule has 1 heterocycles. The number of benzene rings is 2. The van der Waals surface area contributed by atoms with Crippen molar-refractivity contribution in [3.63, 3.8) is 0 Å². The number of rotatable bonds is 10. The Labute approximate surface area is 194 Å². The fourth-order valence-corrected chi connectivity index (χ4v) is 3.14. The van der Waals surface area contributed by atoms with Crippen LogP contribution in [0.15, 0.2) is 42.2 Å². The molecule has 0 bridgehead atoms. The third-order valence-corrected chi connectivity index (χ3v) is 4.76. The number of hydrogen-bond acceptors (Lipinski definition) is 8. The van der Waals surface area contributed by atoms with Crippen LogP contribution >= 0.6 is 0 Å². The highest BCUT2D eigenvalue weighted by molar-refractivity contribution is 6.14. The number of nitrogens with one attached hydrogen (secondary N) is 1. The van der Waals surface area contributed by atoms with Crippen molar-refractivity contribution in [1.82, 2.24) is 5.32 Å². The molecule has 3 rings (SSSR count). The van der Waals surface area contributed by atoms with E-state index in [9.17, 15) is 19.2 Å². The van der Waals surface area contributed by atoms with Crippen LogP contribution in [-0.2, 0) is 14.4 Å². The van der Waals surface area contributed by atoms with E-state index in [-0.39, 0.29) is 23.0 Å². The number of carbonyl (C=O) groups is 4. The van der Waals surface area contributed by atoms with Crippen LogP contribution in [0, 0.1) is 0 Å². The van der Waals surface area contributed by atoms with Gasteiger partial charge in [0.25, 0.3) is 5.91 Å². The average Bonchev–Trinajstić information content (AvgIpc) is 3.11. The van der Waals surface area contributed by atoms with Gasteiger partial charge in [0, 0.05) is 6.07 Å². The fraction of sp³-hybridized carbons (Fsp3) is 0.217. The number of primary amides is 1. The normalized spacial score (nSPS) is 14.1. The first-order valence-electron chi connectivity index (χ1n) is 9.95. The molecule has 34 heavy (non-hydrogen) atoms. The average molecular weight is 470 g/mol. The van der Waals surface area contributed by atoms with E-state index in [1.165, 1.54) is 32.4 Å². The molecule has 0 radical (unpaired) electrons. The summed E-state index contributed by atoms with van der Waals surface area (Å²) in [5.74, 6) is -1.77. The Kier molecular flexibility index (Phi) is 7.36. The molecule has 0 aromatic heterocycles. The van der Waals surface area contributed by atoms with Gasteiger partial charge >= 0.3 is 5.97 Å². The van der Waals surface area contributed by atoms with Gasteiger partial charge in [-0.1, -0.05) is 6.07 Å². The van der Waals surface area contributed by atoms with E-state index in [1.54, 1.807) is 24.3 Å². The van der Waals surface area contributed by atoms with Gasteiger partial charge in [0.2, 0.25) is 11.7 Å². The zero-order valence-corrected chi connectivity index (χ0v) is 18.3. The number of hydrogen-bond donors (Lipinski definition) is 3. The SMILES string of the molecule is COc1ccc(C=C2Oc3cc(OCC(=O)NC(CC(N)=O)C(=O)O)ccc3C2=O)cc1OC. The van der Waals surface area contributed by atoms with Gasteiger partial charge in [-0.3, -0.25) is 14.4 Å². The van der Waals surface area contributed by atoms with Gasteiger partial charge in [-0.15, -0.1) is 0 Å². The van der Waals surface area contributed by atoms with Crippen LogP contribution in [0.2, 0.25) is 0 Å². The lowest BCUT2D eigenvalue weighted by Crippen LogP contribution is -2.45. The minimum atomic E-state index is -1.46. The highest BCUT2D eigenvalue weighted by atomic mass is 16.5. The Balaban J connectivity index is 1.67. The second-order valence-corrected chi connectivity index (χ2v) is 7.13. The summed E-state index contributed by atoms with van der Waals surface area (Å²) in [5, 5.41) is 11.2. The maximum Gasteiger partial charge on any atom is 0.326 e. The van der Waals surface area contributed by atoms with Gasteiger partial charge in [0.05, 0.1) is 26.2 Å². The lowest BCUT2D eigenvalue weighted by atomic mass is 10.1. The zero-order valence-electron chi connectivity index (χ0n) is 18.3. The number of aliphatic carboxylic acids is 1. The zero-order chi connectivity index (χ0) is 24.8. The predicted octanol–water partition coefficient (Wildman–Crippen LogP) is 1.14. The molecule has 2 aromatic carbocycles. The van der Waals surface area contributed by atoms with E-state index >= 15 is 0 Å². The lowest BCUT2D eigenvalue weighted by molar-refractivity contribution is -0.143. The van der Waals surface area contributed by atoms with Gasteiger partial charge in [-0.05, 0) is 35.9 Å². The number of ether oxygens (including phenoxy) is 4. The molecular formula is C23H22N2O9. The van der Waals surface area contributed by atoms with E-state index in [0.717, 1.165) is 0 Å². The summed E-state index contributed by atoms with van der Waals surface area (Å²) in [6.07, 6.45) is 1.01. The molecule has 0 fully saturated rings. The van der Waals surface area contributed by atoms with E-state index in [0.29, 0.717) is 22.6 Å². The van der Waals surface area contributed by atoms with Gasteiger partial charge in [-0.2, -0.15) is 0 Å². The standard InChI is InChI=1S/C23H22N2O9/c1-31-16-6-3-12(7-18(16)32-2)8-19-22(28)14-5-4-13(9-17(14)34-19)33-11-21(27)25-15(23(29)30)10-20(24)26/h3-9,15H,10-11H2,1-2H3,(H2,24,26)(H,25,27)(H,29,30). The minimum Gasteiger partial charge on any atom is -0.493 e. The van der Waals surface area contributed by atoms with Crippen LogP contribution in [0.25, 0.3) is 6.08 Å². The number of amides is 2. The highest BCUT2D eigenvalue weighted by Gasteiger charge is 2.28. The third kappa shape index (κ3) is 5.63. The van der Waals surface area contributed by atoms with E-state index < -0.39 is 36.9 Å². The van der Waals surface area contributed by atoms with Gasteiger partial charge < -0.3 is 35.1 Å². The molecule has 178 valence electrons. The van der Waals surface area contributed by atoms with Crippen LogP contribution in [0.3, 0.4) is 0 Å². The van der Waals surface area contributed by atoms with Crippen LogP contribution in [-0.4, -0.2) is 55.5 Å². The monoisotopic (exact) mass is 470 g/mol. The van der Waals surface area contributed by atoms with Crippen molar-refractivity contribution in [2.24, 2.45) is 5.73 Å². The van der Waals surface area contributed by atoms with Crippen molar-refractivity contribution >= 4 is 29.6 Å². The number of allylic oxidation sites excluding steroid dienone is 1. The first-order valence-corrected chi connectivity index (χ1v) is 9.95. The molecule has 1 aliphatic rings. The molecule has 0 aliphatic carbocycles. The molecule has 11 heteroatoms. The van der Waals surface area contributed by atoms with Crippen LogP contribution < -0.4 is 30.0 Å². The Morgan fingerprint density at radius 1 is 1.12 bits per heavy atom. The largest absolute Gasteiger partial charge is 0.493 e. The molecule has 1 atom stereocenters. The summed E-state index contributed by atoms with van der Waals surface area (Å²) >= 11 is 0. The predicted molar refractivity (Wildman–Crippen MR) is 118 cm³/mol.